The van der Waals surface area contributed by atoms with E-state index in [1.165, 1.54) is 23.9 Å². The molecule has 1 aliphatic heterocycles. The first kappa shape index (κ1) is 60.8. The molecule has 5 aromatic carbocycles. The van der Waals surface area contributed by atoms with E-state index in [-0.39, 0.29) is 36.8 Å². The molecular formula is C54H67ClF3N4O10PS3. The minimum Gasteiger partial charge on any atom is -0.388 e. The second-order valence-electron chi connectivity index (χ2n) is 20.3. The summed E-state index contributed by atoms with van der Waals surface area (Å²) in [6.07, 6.45) is 0.851. The molecule has 0 spiro atoms. The van der Waals surface area contributed by atoms with Gasteiger partial charge in [-0.2, -0.15) is 13.2 Å². The number of carbonyl (C=O) groups excluding carboxylic acids is 1. The average molecular weight is 1150 g/mol. The van der Waals surface area contributed by atoms with Crippen molar-refractivity contribution >= 4 is 68.3 Å². The predicted octanol–water partition coefficient (Wildman–Crippen LogP) is 12.4. The molecule has 1 amide bonds. The van der Waals surface area contributed by atoms with E-state index in [2.05, 4.69) is 10.2 Å². The average Bonchev–Trinajstić information content (AvgIpc) is 3.36. The van der Waals surface area contributed by atoms with Gasteiger partial charge in [0.25, 0.3) is 25.8 Å². The number of thioether (sulfide) groups is 1. The number of piperidine rings is 1. The number of sulfonamides is 1. The van der Waals surface area contributed by atoms with Crippen LogP contribution in [0.2, 0.25) is 5.02 Å². The summed E-state index contributed by atoms with van der Waals surface area (Å²) in [5.41, 5.74) is -4.69. The molecule has 0 aliphatic carbocycles. The van der Waals surface area contributed by atoms with Crippen LogP contribution >= 0.6 is 31.2 Å². The zero-order valence-electron chi connectivity index (χ0n) is 43.5. The van der Waals surface area contributed by atoms with Gasteiger partial charge < -0.3 is 20.2 Å². The lowest BCUT2D eigenvalue weighted by Crippen LogP contribution is -2.36. The van der Waals surface area contributed by atoms with Crippen LogP contribution in [-0.4, -0.2) is 101 Å². The first-order valence-electron chi connectivity index (χ1n) is 24.8. The van der Waals surface area contributed by atoms with E-state index in [1.807, 2.05) is 83.3 Å². The molecule has 0 aromatic heterocycles. The second kappa shape index (κ2) is 25.5. The maximum atomic E-state index is 14.4. The van der Waals surface area contributed by atoms with Crippen molar-refractivity contribution in [1.82, 2.24) is 9.62 Å². The smallest absolute Gasteiger partial charge is 0.388 e. The first-order chi connectivity index (χ1) is 35.6. The lowest BCUT2D eigenvalue weighted by molar-refractivity contribution is -0.0436. The Kier molecular flexibility index (Phi) is 20.4. The highest BCUT2D eigenvalue weighted by molar-refractivity contribution is 7.99. The van der Waals surface area contributed by atoms with Gasteiger partial charge in [0.05, 0.1) is 34.5 Å². The molecule has 6 rings (SSSR count). The minimum absolute atomic E-state index is 0.0381. The molecule has 0 radical (unpaired) electrons. The highest BCUT2D eigenvalue weighted by Crippen LogP contribution is 2.55. The van der Waals surface area contributed by atoms with Crippen molar-refractivity contribution in [2.45, 2.75) is 111 Å². The number of nitrogens with one attached hydrogen (secondary N) is 2. The fraction of sp³-hybridized carbons (Fsp3) is 0.426. The Morgan fingerprint density at radius 1 is 0.842 bits per heavy atom. The number of halogens is 4. The van der Waals surface area contributed by atoms with E-state index in [1.54, 1.807) is 65.8 Å². The van der Waals surface area contributed by atoms with Crippen LogP contribution in [0.25, 0.3) is 11.1 Å². The van der Waals surface area contributed by atoms with E-state index in [9.17, 15) is 44.5 Å². The third-order valence-corrected chi connectivity index (χ3v) is 18.5. The standard InChI is InChI=1S/C54H67ClF3N4O10PS3/c1-8-61(34-35-70-73(65,71-52(2,3)4)72-53(5,6)7)31-30-42(37-74-44-14-10-9-11-15-44)59-48-27-26-45(36-49(48)75(66,67)54(56,57)58)76(68,69)60-51(64)40-20-24-43(25-21-40)62-32-28-39(29-33-62)50(63)47-17-13-12-16-46(47)38-18-22-41(55)23-19-38/h9-27,36,39,42,50,59,63H,8,28-35,37H2,1-7H3,(H,60,64)/t42?,50-/m1/s1. The van der Waals surface area contributed by atoms with Crippen LogP contribution in [0.5, 0.6) is 0 Å². The normalized spacial score (nSPS) is 15.1. The molecule has 2 atom stereocenters. The molecule has 414 valence electrons. The van der Waals surface area contributed by atoms with Crippen molar-refractivity contribution in [2.24, 2.45) is 5.92 Å². The quantitative estimate of drug-likeness (QED) is 0.0415. The van der Waals surface area contributed by atoms with Gasteiger partial charge in [-0.25, -0.2) is 26.1 Å². The van der Waals surface area contributed by atoms with E-state index in [4.69, 9.17) is 25.2 Å². The van der Waals surface area contributed by atoms with Crippen LogP contribution in [0.3, 0.4) is 0 Å². The summed E-state index contributed by atoms with van der Waals surface area (Å²) in [4.78, 5) is 16.1. The maximum absolute atomic E-state index is 14.4. The molecule has 0 bridgehead atoms. The lowest BCUT2D eigenvalue weighted by atomic mass is 9.84. The number of amides is 1. The summed E-state index contributed by atoms with van der Waals surface area (Å²) < 4.78 is 130. The van der Waals surface area contributed by atoms with E-state index in [0.717, 1.165) is 39.4 Å². The van der Waals surface area contributed by atoms with Crippen molar-refractivity contribution in [3.05, 3.63) is 137 Å². The van der Waals surface area contributed by atoms with Gasteiger partial charge in [0.15, 0.2) is 0 Å². The monoisotopic (exact) mass is 1150 g/mol. The Morgan fingerprint density at radius 3 is 2.04 bits per heavy atom. The van der Waals surface area contributed by atoms with Gasteiger partial charge >= 0.3 is 13.3 Å². The number of hydrogen-bond donors (Lipinski definition) is 3. The first-order valence-corrected chi connectivity index (χ1v) is 30.6. The molecule has 1 fully saturated rings. The molecule has 1 unspecified atom stereocenters. The third kappa shape index (κ3) is 17.0. The van der Waals surface area contributed by atoms with E-state index in [0.29, 0.717) is 50.1 Å². The lowest BCUT2D eigenvalue weighted by Gasteiger charge is -2.36. The molecule has 0 saturated carbocycles. The third-order valence-electron chi connectivity index (χ3n) is 12.2. The Hall–Kier alpha value is -4.47. The molecular weight excluding hydrogens is 1080 g/mol. The highest BCUT2D eigenvalue weighted by atomic mass is 35.5. The van der Waals surface area contributed by atoms with Crippen LogP contribution in [-0.2, 0) is 38.0 Å². The van der Waals surface area contributed by atoms with Gasteiger partial charge in [-0.15, -0.1) is 11.8 Å². The molecule has 22 heteroatoms. The molecule has 1 aliphatic rings. The number of sulfone groups is 1. The number of anilines is 2. The Bertz CT molecular complexity index is 2990. The number of alkyl halides is 3. The van der Waals surface area contributed by atoms with Crippen molar-refractivity contribution in [3.63, 3.8) is 0 Å². The maximum Gasteiger partial charge on any atom is 0.501 e. The summed E-state index contributed by atoms with van der Waals surface area (Å²) in [6.45, 7) is 14.4. The number of phosphoric ester groups is 1. The molecule has 14 nitrogen and oxygen atoms in total. The molecule has 76 heavy (non-hydrogen) atoms. The highest BCUT2D eigenvalue weighted by Gasteiger charge is 2.48. The number of phosphoric acid groups is 1. The minimum atomic E-state index is -6.17. The largest absolute Gasteiger partial charge is 0.501 e. The number of likely N-dealkylation sites (N-methyl/N-ethyl adjacent to an activating group) is 1. The number of aliphatic hydroxyl groups is 1. The number of nitrogens with zero attached hydrogens (tertiary/aromatic N) is 2. The van der Waals surface area contributed by atoms with E-state index >= 15 is 0 Å². The summed E-state index contributed by atoms with van der Waals surface area (Å²) >= 11 is 7.49. The van der Waals surface area contributed by atoms with Crippen molar-refractivity contribution in [3.8, 4) is 11.1 Å². The van der Waals surface area contributed by atoms with Crippen LogP contribution in [0.1, 0.15) is 89.8 Å². The summed E-state index contributed by atoms with van der Waals surface area (Å²) in [7, 11) is -15.1. The topological polar surface area (TPSA) is 181 Å². The van der Waals surface area contributed by atoms with Gasteiger partial charge in [-0.05, 0) is 157 Å². The van der Waals surface area contributed by atoms with E-state index < -0.39 is 77.9 Å². The van der Waals surface area contributed by atoms with Crippen LogP contribution in [0, 0.1) is 5.92 Å². The van der Waals surface area contributed by atoms with Gasteiger partial charge in [-0.3, -0.25) is 18.4 Å². The van der Waals surface area contributed by atoms with Crippen LogP contribution < -0.4 is 14.9 Å². The number of aliphatic hydroxyl groups excluding tert-OH is 1. The van der Waals surface area contributed by atoms with Gasteiger partial charge in [-0.1, -0.05) is 73.1 Å². The van der Waals surface area contributed by atoms with Crippen LogP contribution in [0.4, 0.5) is 24.5 Å². The predicted molar refractivity (Wildman–Crippen MR) is 294 cm³/mol. The van der Waals surface area contributed by atoms with Gasteiger partial charge in [0, 0.05) is 59.1 Å². The van der Waals surface area contributed by atoms with Crippen LogP contribution in [0.15, 0.2) is 136 Å². The van der Waals surface area contributed by atoms with Crippen molar-refractivity contribution in [1.29, 1.82) is 0 Å². The Morgan fingerprint density at radius 2 is 1.45 bits per heavy atom. The fourth-order valence-corrected chi connectivity index (χ4v) is 13.4. The van der Waals surface area contributed by atoms with Crippen molar-refractivity contribution in [2.75, 3.05) is 55.3 Å². The van der Waals surface area contributed by atoms with Gasteiger partial charge in [0.1, 0.15) is 4.90 Å². The summed E-state index contributed by atoms with van der Waals surface area (Å²) in [5, 5.41) is 15.1. The number of carbonyl (C=O) groups is 1. The number of rotatable bonds is 23. The molecule has 5 aromatic rings. The molecule has 1 saturated heterocycles. The summed E-state index contributed by atoms with van der Waals surface area (Å²) in [6, 6.07) is 32.0. The Balaban J connectivity index is 1.14. The number of benzene rings is 5. The van der Waals surface area contributed by atoms with Gasteiger partial charge in [0.2, 0.25) is 0 Å². The number of hydrogen-bond acceptors (Lipinski definition) is 14. The van der Waals surface area contributed by atoms with Crippen molar-refractivity contribution < 1.29 is 58.0 Å². The fourth-order valence-electron chi connectivity index (χ4n) is 8.50. The molecule has 3 N–H and O–H groups in total. The zero-order chi connectivity index (χ0) is 55.7. The Labute approximate surface area is 454 Å². The second-order valence-corrected chi connectivity index (χ2v) is 27.0. The zero-order valence-corrected chi connectivity index (χ0v) is 47.6. The SMILES string of the molecule is CCN(CCOP(=O)(OC(C)(C)C)OC(C)(C)C)CCC(CSc1ccccc1)Nc1ccc(S(=O)(=O)NC(=O)c2ccc(N3CCC([C@@H](O)c4ccccc4-c4ccc(Cl)cc4)CC3)cc2)cc1S(=O)(=O)C(F)(F)F. The summed E-state index contributed by atoms with van der Waals surface area (Å²) in [5.74, 6) is -0.886. The molecule has 1 heterocycles.